The third-order valence-corrected chi connectivity index (χ3v) is 4.26. The Hall–Kier alpha value is -0.570. The van der Waals surface area contributed by atoms with Crippen LogP contribution in [0.3, 0.4) is 0 Å². The molecule has 0 spiro atoms. The van der Waals surface area contributed by atoms with Crippen LogP contribution in [0.2, 0.25) is 0 Å². The molecule has 1 atom stereocenters. The number of nitrogens with two attached hydrogens (primary N) is 1. The van der Waals surface area contributed by atoms with Crippen LogP contribution in [0.5, 0.6) is 0 Å². The molecule has 0 aliphatic heterocycles. The fourth-order valence-corrected chi connectivity index (χ4v) is 2.73. The van der Waals surface area contributed by atoms with E-state index in [-0.39, 0.29) is 5.92 Å². The van der Waals surface area contributed by atoms with E-state index < -0.39 is 11.5 Å². The van der Waals surface area contributed by atoms with Crippen LogP contribution in [0, 0.1) is 17.3 Å². The quantitative estimate of drug-likeness (QED) is 0.762. The Bertz CT molecular complexity index is 258. The molecule has 3 heteroatoms. The summed E-state index contributed by atoms with van der Waals surface area (Å²) in [6.45, 7) is 8.43. The Labute approximate surface area is 98.4 Å². The highest BCUT2D eigenvalue weighted by molar-refractivity contribution is 5.78. The molecule has 0 bridgehead atoms. The highest BCUT2D eigenvalue weighted by Gasteiger charge is 2.41. The lowest BCUT2D eigenvalue weighted by atomic mass is 9.66. The number of hydrogen-bond donors (Lipinski definition) is 2. The SMILES string of the molecule is CC(C)(C)C1CCC([C@@](C)(N)C(=O)O)CC1. The molecule has 1 aliphatic carbocycles. The van der Waals surface area contributed by atoms with Crippen LogP contribution in [-0.2, 0) is 4.79 Å². The molecule has 94 valence electrons. The van der Waals surface area contributed by atoms with E-state index in [0.717, 1.165) is 25.7 Å². The lowest BCUT2D eigenvalue weighted by Crippen LogP contribution is -2.52. The molecular formula is C13H25NO2. The molecule has 3 nitrogen and oxygen atoms in total. The van der Waals surface area contributed by atoms with Gasteiger partial charge in [-0.25, -0.2) is 0 Å². The molecule has 0 saturated heterocycles. The minimum absolute atomic E-state index is 0.128. The average molecular weight is 227 g/mol. The Morgan fingerprint density at radius 2 is 1.44 bits per heavy atom. The highest BCUT2D eigenvalue weighted by atomic mass is 16.4. The summed E-state index contributed by atoms with van der Waals surface area (Å²) in [5.41, 5.74) is 5.17. The van der Waals surface area contributed by atoms with E-state index in [2.05, 4.69) is 20.8 Å². The van der Waals surface area contributed by atoms with Gasteiger partial charge in [0, 0.05) is 0 Å². The van der Waals surface area contributed by atoms with Crippen molar-refractivity contribution in [3.8, 4) is 0 Å². The van der Waals surface area contributed by atoms with Crippen LogP contribution >= 0.6 is 0 Å². The molecule has 1 aliphatic rings. The summed E-state index contributed by atoms with van der Waals surface area (Å²) in [6, 6.07) is 0. The van der Waals surface area contributed by atoms with Gasteiger partial charge in [-0.15, -0.1) is 0 Å². The largest absolute Gasteiger partial charge is 0.480 e. The number of carbonyl (C=O) groups is 1. The first-order valence-corrected chi connectivity index (χ1v) is 6.18. The zero-order valence-corrected chi connectivity index (χ0v) is 10.9. The van der Waals surface area contributed by atoms with E-state index >= 15 is 0 Å². The van der Waals surface area contributed by atoms with Crippen molar-refractivity contribution >= 4 is 5.97 Å². The second-order valence-corrected chi connectivity index (χ2v) is 6.50. The number of carboxylic acid groups (broad SMARTS) is 1. The van der Waals surface area contributed by atoms with Crippen LogP contribution in [0.1, 0.15) is 53.4 Å². The summed E-state index contributed by atoms with van der Waals surface area (Å²) in [4.78, 5) is 11.1. The normalized spacial score (nSPS) is 30.8. The lowest BCUT2D eigenvalue weighted by Gasteiger charge is -2.40. The third kappa shape index (κ3) is 2.76. The van der Waals surface area contributed by atoms with Crippen molar-refractivity contribution in [1.29, 1.82) is 0 Å². The molecule has 1 saturated carbocycles. The van der Waals surface area contributed by atoms with Gasteiger partial charge in [-0.3, -0.25) is 4.79 Å². The van der Waals surface area contributed by atoms with Gasteiger partial charge in [-0.05, 0) is 49.9 Å². The van der Waals surface area contributed by atoms with Crippen molar-refractivity contribution in [2.75, 3.05) is 0 Å². The molecule has 0 heterocycles. The predicted octanol–water partition coefficient (Wildman–Crippen LogP) is 2.64. The van der Waals surface area contributed by atoms with E-state index in [0.29, 0.717) is 11.3 Å². The molecule has 0 aromatic carbocycles. The number of rotatable bonds is 2. The minimum atomic E-state index is -1.05. The summed E-state index contributed by atoms with van der Waals surface area (Å²) in [5, 5.41) is 9.09. The zero-order valence-electron chi connectivity index (χ0n) is 10.9. The Balaban J connectivity index is 2.59. The number of aliphatic carboxylic acids is 1. The van der Waals surface area contributed by atoms with E-state index in [1.54, 1.807) is 6.92 Å². The summed E-state index contributed by atoms with van der Waals surface area (Å²) < 4.78 is 0. The van der Waals surface area contributed by atoms with Crippen molar-refractivity contribution in [3.63, 3.8) is 0 Å². The topological polar surface area (TPSA) is 63.3 Å². The second-order valence-electron chi connectivity index (χ2n) is 6.50. The van der Waals surface area contributed by atoms with Crippen LogP contribution < -0.4 is 5.73 Å². The standard InChI is InChI=1S/C13H25NO2/c1-12(2,3)9-5-7-10(8-6-9)13(4,14)11(15)16/h9-10H,5-8,14H2,1-4H3,(H,15,16)/t9?,10?,13-/m1/s1. The van der Waals surface area contributed by atoms with Gasteiger partial charge in [0.05, 0.1) is 0 Å². The minimum Gasteiger partial charge on any atom is -0.480 e. The number of carboxylic acids is 1. The molecule has 0 aromatic heterocycles. The van der Waals surface area contributed by atoms with Crippen LogP contribution in [-0.4, -0.2) is 16.6 Å². The maximum Gasteiger partial charge on any atom is 0.323 e. The van der Waals surface area contributed by atoms with Crippen LogP contribution in [0.25, 0.3) is 0 Å². The molecular weight excluding hydrogens is 202 g/mol. The Kier molecular flexibility index (Phi) is 3.68. The lowest BCUT2D eigenvalue weighted by molar-refractivity contribution is -0.145. The Morgan fingerprint density at radius 1 is 1.06 bits per heavy atom. The van der Waals surface area contributed by atoms with Crippen molar-refractivity contribution < 1.29 is 9.90 Å². The molecule has 16 heavy (non-hydrogen) atoms. The Morgan fingerprint density at radius 3 is 1.75 bits per heavy atom. The van der Waals surface area contributed by atoms with Gasteiger partial charge in [0.15, 0.2) is 0 Å². The van der Waals surface area contributed by atoms with Crippen LogP contribution in [0.4, 0.5) is 0 Å². The van der Waals surface area contributed by atoms with Gasteiger partial charge < -0.3 is 10.8 Å². The second kappa shape index (κ2) is 4.36. The first-order valence-electron chi connectivity index (χ1n) is 6.18. The van der Waals surface area contributed by atoms with Gasteiger partial charge in [0.2, 0.25) is 0 Å². The molecule has 0 unspecified atom stereocenters. The van der Waals surface area contributed by atoms with Gasteiger partial charge in [-0.1, -0.05) is 20.8 Å². The van der Waals surface area contributed by atoms with Crippen molar-refractivity contribution in [3.05, 3.63) is 0 Å². The van der Waals surface area contributed by atoms with Gasteiger partial charge in [0.25, 0.3) is 0 Å². The molecule has 3 N–H and O–H groups in total. The van der Waals surface area contributed by atoms with Gasteiger partial charge >= 0.3 is 5.97 Å². The maximum absolute atomic E-state index is 11.1. The molecule has 1 rings (SSSR count). The summed E-state index contributed by atoms with van der Waals surface area (Å²) >= 11 is 0. The van der Waals surface area contributed by atoms with E-state index in [1.165, 1.54) is 0 Å². The van der Waals surface area contributed by atoms with Gasteiger partial charge in [-0.2, -0.15) is 0 Å². The first kappa shape index (κ1) is 13.5. The summed E-state index contributed by atoms with van der Waals surface area (Å²) in [6.07, 6.45) is 4.10. The molecule has 0 aromatic rings. The fourth-order valence-electron chi connectivity index (χ4n) is 2.73. The molecule has 1 fully saturated rings. The molecule has 0 amide bonds. The fraction of sp³-hybridized carbons (Fsp3) is 0.923. The van der Waals surface area contributed by atoms with Crippen molar-refractivity contribution in [2.45, 2.75) is 58.9 Å². The van der Waals surface area contributed by atoms with E-state index in [9.17, 15) is 4.79 Å². The van der Waals surface area contributed by atoms with Crippen molar-refractivity contribution in [2.24, 2.45) is 23.0 Å². The predicted molar refractivity (Wildman–Crippen MR) is 65.1 cm³/mol. The van der Waals surface area contributed by atoms with E-state index in [1.807, 2.05) is 0 Å². The summed E-state index contributed by atoms with van der Waals surface area (Å²) in [7, 11) is 0. The van der Waals surface area contributed by atoms with Crippen molar-refractivity contribution in [1.82, 2.24) is 0 Å². The highest BCUT2D eigenvalue weighted by Crippen LogP contribution is 2.42. The van der Waals surface area contributed by atoms with E-state index in [4.69, 9.17) is 10.8 Å². The average Bonchev–Trinajstić information content (AvgIpc) is 2.16. The maximum atomic E-state index is 11.1. The monoisotopic (exact) mass is 227 g/mol. The number of hydrogen-bond acceptors (Lipinski definition) is 2. The van der Waals surface area contributed by atoms with Crippen LogP contribution in [0.15, 0.2) is 0 Å². The zero-order chi connectivity index (χ0) is 12.6. The first-order chi connectivity index (χ1) is 7.15. The summed E-state index contributed by atoms with van der Waals surface area (Å²) in [5.74, 6) is -0.0383. The molecule has 0 radical (unpaired) electrons. The van der Waals surface area contributed by atoms with Gasteiger partial charge in [0.1, 0.15) is 5.54 Å². The smallest absolute Gasteiger partial charge is 0.323 e. The third-order valence-electron chi connectivity index (χ3n) is 4.26.